The van der Waals surface area contributed by atoms with Gasteiger partial charge in [-0.25, -0.2) is 0 Å². The fourth-order valence-electron chi connectivity index (χ4n) is 3.04. The Morgan fingerprint density at radius 1 is 1.28 bits per heavy atom. The molecule has 2 rings (SSSR count). The molecule has 18 heavy (non-hydrogen) atoms. The van der Waals surface area contributed by atoms with E-state index in [1.807, 2.05) is 12.1 Å². The van der Waals surface area contributed by atoms with Crippen molar-refractivity contribution in [2.24, 2.45) is 17.6 Å². The van der Waals surface area contributed by atoms with Gasteiger partial charge in [-0.3, -0.25) is 4.98 Å². The Morgan fingerprint density at radius 2 is 1.89 bits per heavy atom. The molecule has 1 heterocycles. The van der Waals surface area contributed by atoms with Crippen LogP contribution in [0.25, 0.3) is 0 Å². The van der Waals surface area contributed by atoms with Crippen LogP contribution in [0.5, 0.6) is 0 Å². The third-order valence-corrected chi connectivity index (χ3v) is 4.34. The van der Waals surface area contributed by atoms with Crippen LogP contribution in [0, 0.1) is 11.8 Å². The molecule has 1 aromatic heterocycles. The van der Waals surface area contributed by atoms with E-state index < -0.39 is 0 Å². The third kappa shape index (κ3) is 3.09. The molecule has 2 unspecified atom stereocenters. The second kappa shape index (κ2) is 6.30. The lowest BCUT2D eigenvalue weighted by Crippen LogP contribution is -2.34. The standard InChI is InChI=1S/C15H24N2O/c1-11-2-4-13(5-3-11)15(18)14(10-16)12-6-8-17-9-7-12/h6-9,11,13-15,18H,2-5,10,16H2,1H3. The summed E-state index contributed by atoms with van der Waals surface area (Å²) >= 11 is 0. The van der Waals surface area contributed by atoms with Crippen LogP contribution in [0.2, 0.25) is 0 Å². The number of hydrogen-bond acceptors (Lipinski definition) is 3. The second-order valence-corrected chi connectivity index (χ2v) is 5.63. The molecular formula is C15H24N2O. The molecule has 0 aliphatic heterocycles. The molecule has 1 aromatic rings. The quantitative estimate of drug-likeness (QED) is 0.859. The van der Waals surface area contributed by atoms with E-state index in [2.05, 4.69) is 11.9 Å². The van der Waals surface area contributed by atoms with Crippen LogP contribution in [0.1, 0.15) is 44.1 Å². The van der Waals surface area contributed by atoms with E-state index in [4.69, 9.17) is 5.73 Å². The van der Waals surface area contributed by atoms with Gasteiger partial charge in [-0.05, 0) is 42.4 Å². The molecule has 1 fully saturated rings. The molecule has 1 saturated carbocycles. The van der Waals surface area contributed by atoms with Crippen molar-refractivity contribution in [2.45, 2.75) is 44.6 Å². The molecule has 0 aromatic carbocycles. The van der Waals surface area contributed by atoms with Gasteiger partial charge in [-0.1, -0.05) is 19.8 Å². The van der Waals surface area contributed by atoms with Crippen molar-refractivity contribution in [3.63, 3.8) is 0 Å². The van der Waals surface area contributed by atoms with Gasteiger partial charge in [0.1, 0.15) is 0 Å². The van der Waals surface area contributed by atoms with Crippen LogP contribution in [-0.2, 0) is 0 Å². The Labute approximate surface area is 109 Å². The molecular weight excluding hydrogens is 224 g/mol. The minimum absolute atomic E-state index is 0.0476. The van der Waals surface area contributed by atoms with Gasteiger partial charge in [0.25, 0.3) is 0 Å². The number of aromatic nitrogens is 1. The largest absolute Gasteiger partial charge is 0.392 e. The van der Waals surface area contributed by atoms with Gasteiger partial charge in [-0.2, -0.15) is 0 Å². The maximum Gasteiger partial charge on any atom is 0.0649 e. The molecule has 1 aliphatic carbocycles. The molecule has 0 amide bonds. The Hall–Kier alpha value is -0.930. The summed E-state index contributed by atoms with van der Waals surface area (Å²) in [6, 6.07) is 3.93. The lowest BCUT2D eigenvalue weighted by Gasteiger charge is -2.34. The summed E-state index contributed by atoms with van der Waals surface area (Å²) in [6.45, 7) is 2.79. The number of pyridine rings is 1. The molecule has 1 aliphatic rings. The first-order chi connectivity index (χ1) is 8.72. The Morgan fingerprint density at radius 3 is 2.44 bits per heavy atom. The van der Waals surface area contributed by atoms with E-state index in [0.29, 0.717) is 12.5 Å². The zero-order valence-corrected chi connectivity index (χ0v) is 11.1. The van der Waals surface area contributed by atoms with Crippen LogP contribution < -0.4 is 5.73 Å². The van der Waals surface area contributed by atoms with Crippen molar-refractivity contribution in [1.82, 2.24) is 4.98 Å². The first-order valence-electron chi connectivity index (χ1n) is 7.00. The highest BCUT2D eigenvalue weighted by atomic mass is 16.3. The lowest BCUT2D eigenvalue weighted by atomic mass is 9.75. The summed E-state index contributed by atoms with van der Waals surface area (Å²) in [5, 5.41) is 10.6. The predicted octanol–water partition coefficient (Wildman–Crippen LogP) is 2.31. The first-order valence-corrected chi connectivity index (χ1v) is 7.00. The SMILES string of the molecule is CC1CCC(C(O)C(CN)c2ccncc2)CC1. The van der Waals surface area contributed by atoms with E-state index in [-0.39, 0.29) is 12.0 Å². The molecule has 2 atom stereocenters. The molecule has 0 saturated heterocycles. The zero-order valence-electron chi connectivity index (χ0n) is 11.1. The highest BCUT2D eigenvalue weighted by Crippen LogP contribution is 2.35. The van der Waals surface area contributed by atoms with Crippen molar-refractivity contribution < 1.29 is 5.11 Å². The van der Waals surface area contributed by atoms with Crippen LogP contribution >= 0.6 is 0 Å². The van der Waals surface area contributed by atoms with Gasteiger partial charge in [0.15, 0.2) is 0 Å². The lowest BCUT2D eigenvalue weighted by molar-refractivity contribution is 0.0548. The highest BCUT2D eigenvalue weighted by Gasteiger charge is 2.30. The van der Waals surface area contributed by atoms with E-state index in [1.54, 1.807) is 12.4 Å². The molecule has 0 spiro atoms. The van der Waals surface area contributed by atoms with Gasteiger partial charge >= 0.3 is 0 Å². The van der Waals surface area contributed by atoms with E-state index in [9.17, 15) is 5.11 Å². The Balaban J connectivity index is 2.04. The molecule has 100 valence electrons. The van der Waals surface area contributed by atoms with Gasteiger partial charge in [0, 0.05) is 24.9 Å². The van der Waals surface area contributed by atoms with Crippen molar-refractivity contribution in [2.75, 3.05) is 6.54 Å². The summed E-state index contributed by atoms with van der Waals surface area (Å²) in [5.41, 5.74) is 6.97. The number of aliphatic hydroxyl groups is 1. The summed E-state index contributed by atoms with van der Waals surface area (Å²) < 4.78 is 0. The third-order valence-electron chi connectivity index (χ3n) is 4.34. The monoisotopic (exact) mass is 248 g/mol. The number of hydrogen-bond donors (Lipinski definition) is 2. The minimum atomic E-state index is -0.315. The van der Waals surface area contributed by atoms with E-state index >= 15 is 0 Å². The fraction of sp³-hybridized carbons (Fsp3) is 0.667. The number of nitrogens with zero attached hydrogens (tertiary/aromatic N) is 1. The molecule has 3 N–H and O–H groups in total. The Bertz CT molecular complexity index is 347. The van der Waals surface area contributed by atoms with Crippen molar-refractivity contribution in [3.8, 4) is 0 Å². The van der Waals surface area contributed by atoms with Crippen molar-refractivity contribution >= 4 is 0 Å². The minimum Gasteiger partial charge on any atom is -0.392 e. The van der Waals surface area contributed by atoms with Gasteiger partial charge < -0.3 is 10.8 Å². The van der Waals surface area contributed by atoms with Crippen molar-refractivity contribution in [3.05, 3.63) is 30.1 Å². The topological polar surface area (TPSA) is 59.1 Å². The Kier molecular flexibility index (Phi) is 4.72. The summed E-state index contributed by atoms with van der Waals surface area (Å²) in [7, 11) is 0. The molecule has 3 nitrogen and oxygen atoms in total. The first kappa shape index (κ1) is 13.5. The maximum atomic E-state index is 10.6. The van der Waals surface area contributed by atoms with Gasteiger partial charge in [0.05, 0.1) is 6.10 Å². The summed E-state index contributed by atoms with van der Waals surface area (Å²) in [6.07, 6.45) is 7.95. The number of aliphatic hydroxyl groups excluding tert-OH is 1. The average molecular weight is 248 g/mol. The average Bonchev–Trinajstić information content (AvgIpc) is 2.41. The van der Waals surface area contributed by atoms with Crippen LogP contribution in [0.3, 0.4) is 0 Å². The molecule has 0 radical (unpaired) electrons. The highest BCUT2D eigenvalue weighted by molar-refractivity contribution is 5.18. The van der Waals surface area contributed by atoms with Crippen LogP contribution in [-0.4, -0.2) is 22.7 Å². The number of nitrogens with two attached hydrogens (primary N) is 1. The molecule has 3 heteroatoms. The fourth-order valence-corrected chi connectivity index (χ4v) is 3.04. The smallest absolute Gasteiger partial charge is 0.0649 e. The van der Waals surface area contributed by atoms with Crippen LogP contribution in [0.4, 0.5) is 0 Å². The molecule has 0 bridgehead atoms. The summed E-state index contributed by atoms with van der Waals surface area (Å²) in [4.78, 5) is 4.02. The van der Waals surface area contributed by atoms with E-state index in [0.717, 1.165) is 24.3 Å². The van der Waals surface area contributed by atoms with Gasteiger partial charge in [0.2, 0.25) is 0 Å². The number of rotatable bonds is 4. The van der Waals surface area contributed by atoms with Gasteiger partial charge in [-0.15, -0.1) is 0 Å². The maximum absolute atomic E-state index is 10.6. The van der Waals surface area contributed by atoms with E-state index in [1.165, 1.54) is 12.8 Å². The summed E-state index contributed by atoms with van der Waals surface area (Å²) in [5.74, 6) is 1.26. The second-order valence-electron chi connectivity index (χ2n) is 5.63. The van der Waals surface area contributed by atoms with Crippen LogP contribution in [0.15, 0.2) is 24.5 Å². The predicted molar refractivity (Wildman–Crippen MR) is 73.2 cm³/mol. The zero-order chi connectivity index (χ0) is 13.0. The normalized spacial score (nSPS) is 27.7. The van der Waals surface area contributed by atoms with Crippen molar-refractivity contribution in [1.29, 1.82) is 0 Å².